The average Bonchev–Trinajstić information content (AvgIpc) is 3.55. The van der Waals surface area contributed by atoms with Crippen LogP contribution in [0.15, 0.2) is 57.2 Å². The van der Waals surface area contributed by atoms with Gasteiger partial charge in [-0.2, -0.15) is 0 Å². The van der Waals surface area contributed by atoms with Crippen LogP contribution in [-0.4, -0.2) is 91.0 Å². The Bertz CT molecular complexity index is 1380. The molecule has 1 fully saturated rings. The van der Waals surface area contributed by atoms with Crippen molar-refractivity contribution in [3.63, 3.8) is 0 Å². The number of carbonyl (C=O) groups excluding carboxylic acids is 2. The van der Waals surface area contributed by atoms with Gasteiger partial charge in [0.15, 0.2) is 10.8 Å². The molecule has 5 rings (SSSR count). The number of thiazole rings is 1. The number of anilines is 1. The number of β-lactam (4-membered cyclic amide) rings is 1. The maximum Gasteiger partial charge on any atom is 0.352 e. The predicted molar refractivity (Wildman–Crippen MR) is 160 cm³/mol. The Balaban J connectivity index is 0.00000387. The lowest BCUT2D eigenvalue weighted by Crippen LogP contribution is -2.71. The van der Waals surface area contributed by atoms with Crippen LogP contribution in [0.1, 0.15) is 12.6 Å². The molecular weight excluding hydrogens is 614 g/mol. The number of carbonyl (C=O) groups is 3. The van der Waals surface area contributed by atoms with Gasteiger partial charge in [0.25, 0.3) is 11.8 Å². The van der Waals surface area contributed by atoms with Gasteiger partial charge in [0.05, 0.1) is 5.03 Å². The van der Waals surface area contributed by atoms with Crippen LogP contribution in [0, 0.1) is 0 Å². The highest BCUT2D eigenvalue weighted by atomic mass is 35.5. The van der Waals surface area contributed by atoms with E-state index < -0.39 is 29.2 Å². The minimum absolute atomic E-state index is 0. The van der Waals surface area contributed by atoms with Gasteiger partial charge in [-0.25, -0.2) is 14.8 Å². The van der Waals surface area contributed by atoms with E-state index in [0.29, 0.717) is 17.9 Å². The first kappa shape index (κ1) is 30.6. The second kappa shape index (κ2) is 13.1. The Morgan fingerprint density at radius 2 is 2.17 bits per heavy atom. The number of halogens is 1. The molecule has 4 aliphatic rings. The summed E-state index contributed by atoms with van der Waals surface area (Å²) in [5.41, 5.74) is 15.2. The van der Waals surface area contributed by atoms with Crippen molar-refractivity contribution < 1.29 is 24.3 Å². The molecule has 1 aromatic heterocycles. The van der Waals surface area contributed by atoms with Crippen molar-refractivity contribution in [2.24, 2.45) is 10.9 Å². The second-order valence-electron chi connectivity index (χ2n) is 8.65. The van der Waals surface area contributed by atoms with E-state index in [-0.39, 0.29) is 47.8 Å². The van der Waals surface area contributed by atoms with Gasteiger partial charge < -0.3 is 31.6 Å². The molecule has 0 unspecified atom stereocenters. The van der Waals surface area contributed by atoms with Crippen molar-refractivity contribution in [3.8, 4) is 0 Å². The Hall–Kier alpha value is -3.38. The normalized spacial score (nSPS) is 21.3. The van der Waals surface area contributed by atoms with E-state index >= 15 is 0 Å². The second-order valence-corrected chi connectivity index (χ2v) is 11.8. The van der Waals surface area contributed by atoms with Crippen LogP contribution in [0.5, 0.6) is 0 Å². The highest BCUT2D eigenvalue weighted by Crippen LogP contribution is 2.41. The fourth-order valence-electron chi connectivity index (χ4n) is 4.35. The van der Waals surface area contributed by atoms with Crippen molar-refractivity contribution in [2.45, 2.75) is 18.3 Å². The molecule has 7 N–H and O–H groups in total. The number of thioether (sulfide) groups is 2. The van der Waals surface area contributed by atoms with Crippen molar-refractivity contribution in [2.75, 3.05) is 36.9 Å². The van der Waals surface area contributed by atoms with Gasteiger partial charge in [-0.3, -0.25) is 19.9 Å². The molecule has 2 atom stereocenters. The monoisotopic (exact) mass is 641 g/mol. The molecule has 1 saturated heterocycles. The molecule has 41 heavy (non-hydrogen) atoms. The van der Waals surface area contributed by atoms with E-state index in [4.69, 9.17) is 16.3 Å². The lowest BCUT2D eigenvalue weighted by molar-refractivity contribution is -0.150. The summed E-state index contributed by atoms with van der Waals surface area (Å²) in [6, 6.07) is -0.932. The summed E-state index contributed by atoms with van der Waals surface area (Å²) in [5.74, 6) is -0.419. The highest BCUT2D eigenvalue weighted by Gasteiger charge is 2.54. The molecule has 1 aromatic rings. The molecule has 0 aromatic carbocycles. The molecule has 0 spiro atoms. The number of nitrogens with zero attached hydrogens (tertiary/aromatic N) is 5. The van der Waals surface area contributed by atoms with E-state index in [0.717, 1.165) is 27.9 Å². The molecule has 14 nitrogen and oxygen atoms in total. The number of aromatic nitrogens is 1. The maximum absolute atomic E-state index is 13.2. The van der Waals surface area contributed by atoms with Gasteiger partial charge in [0.1, 0.15) is 35.2 Å². The Labute approximate surface area is 253 Å². The number of nitrogens with one attached hydrogen (secondary N) is 2. The van der Waals surface area contributed by atoms with Crippen LogP contribution in [0.25, 0.3) is 0 Å². The van der Waals surface area contributed by atoms with Crippen molar-refractivity contribution in [1.29, 1.82) is 0 Å². The smallest absolute Gasteiger partial charge is 0.352 e. The third kappa shape index (κ3) is 6.13. The first-order chi connectivity index (χ1) is 19.3. The van der Waals surface area contributed by atoms with Gasteiger partial charge in [0.2, 0.25) is 0 Å². The summed E-state index contributed by atoms with van der Waals surface area (Å²) < 4.78 is 0. The first-order valence-corrected chi connectivity index (χ1v) is 15.1. The van der Waals surface area contributed by atoms with Crippen molar-refractivity contribution >= 4 is 75.9 Å². The SMILES string of the molecule is CCO/N=C(\C(=O)N[C@@H]1C(=O)N2C(C(=O)O)=C(CN3C=CN4NC(SCCN)=CC=C34)CS[C@@H]12)c1csc(N)n1.Cl. The summed E-state index contributed by atoms with van der Waals surface area (Å²) in [7, 11) is 0. The number of rotatable bonds is 11. The highest BCUT2D eigenvalue weighted by molar-refractivity contribution is 8.03. The molecule has 2 amide bonds. The van der Waals surface area contributed by atoms with Crippen molar-refractivity contribution in [3.05, 3.63) is 57.7 Å². The van der Waals surface area contributed by atoms with Crippen LogP contribution in [0.3, 0.4) is 0 Å². The third-order valence-corrected chi connectivity index (χ3v) is 9.08. The Morgan fingerprint density at radius 1 is 1.37 bits per heavy atom. The number of hydrazine groups is 1. The minimum atomic E-state index is -1.20. The summed E-state index contributed by atoms with van der Waals surface area (Å²) in [4.78, 5) is 50.9. The molecule has 0 aliphatic carbocycles. The molecule has 0 radical (unpaired) electrons. The molecule has 0 saturated carbocycles. The lowest BCUT2D eigenvalue weighted by Gasteiger charge is -2.49. The number of fused-ring (bicyclic) bond motifs is 2. The zero-order chi connectivity index (χ0) is 28.4. The number of allylic oxidation sites excluding steroid dienone is 2. The molecule has 0 bridgehead atoms. The molecule has 220 valence electrons. The lowest BCUT2D eigenvalue weighted by atomic mass is 10.0. The number of hydrogen-bond donors (Lipinski definition) is 5. The largest absolute Gasteiger partial charge is 0.477 e. The van der Waals surface area contributed by atoms with E-state index in [1.54, 1.807) is 24.1 Å². The van der Waals surface area contributed by atoms with Crippen LogP contribution >= 0.6 is 47.3 Å². The zero-order valence-corrected chi connectivity index (χ0v) is 24.9. The van der Waals surface area contributed by atoms with Crippen LogP contribution < -0.4 is 22.2 Å². The fourth-order valence-corrected chi connectivity index (χ4v) is 6.90. The van der Waals surface area contributed by atoms with E-state index in [1.807, 2.05) is 34.5 Å². The summed E-state index contributed by atoms with van der Waals surface area (Å²) in [5, 5.41) is 20.6. The number of nitrogen functional groups attached to an aromatic ring is 1. The van der Waals surface area contributed by atoms with E-state index in [9.17, 15) is 19.5 Å². The Morgan fingerprint density at radius 3 is 2.85 bits per heavy atom. The maximum atomic E-state index is 13.2. The number of oxime groups is 1. The van der Waals surface area contributed by atoms with E-state index in [2.05, 4.69) is 20.9 Å². The average molecular weight is 642 g/mol. The standard InChI is InChI=1S/C23H27N9O5S3.ClH/c1-2-37-29-16(13-11-40-23(25)26-13)19(33)27-17-20(34)32-18(22(35)36)12(10-39-21(17)32)9-30-6-7-31-15(30)4-3-14(28-31)38-8-5-24;/h3-4,6-7,11,17,21,28H,2,5,8-10,24H2,1H3,(H2,25,26)(H,27,33)(H,35,36);1H/b29-16-;/t17-,21+;/m1./s1. The summed E-state index contributed by atoms with van der Waals surface area (Å²) >= 11 is 4.13. The summed E-state index contributed by atoms with van der Waals surface area (Å²) in [6.07, 6.45) is 7.57. The predicted octanol–water partition coefficient (Wildman–Crippen LogP) is 0.608. The quantitative estimate of drug-likeness (QED) is 0.128. The third-order valence-electron chi connectivity index (χ3n) is 6.09. The molecule has 18 heteroatoms. The number of amides is 2. The molecule has 4 aliphatic heterocycles. The first-order valence-electron chi connectivity index (χ1n) is 12.2. The fraction of sp³-hybridized carbons (Fsp3) is 0.348. The number of nitrogens with two attached hydrogens (primary N) is 2. The van der Waals surface area contributed by atoms with Gasteiger partial charge >= 0.3 is 5.97 Å². The minimum Gasteiger partial charge on any atom is -0.477 e. The van der Waals surface area contributed by atoms with Gasteiger partial charge in [-0.1, -0.05) is 5.16 Å². The van der Waals surface area contributed by atoms with Crippen LogP contribution in [0.4, 0.5) is 5.13 Å². The van der Waals surface area contributed by atoms with E-state index in [1.165, 1.54) is 16.7 Å². The van der Waals surface area contributed by atoms with Crippen LogP contribution in [-0.2, 0) is 19.2 Å². The molecule has 5 heterocycles. The van der Waals surface area contributed by atoms with Crippen LogP contribution in [0.2, 0.25) is 0 Å². The number of carboxylic acid groups (broad SMARTS) is 1. The number of carboxylic acids is 1. The molecular formula is C23H28ClN9O5S3. The topological polar surface area (TPSA) is 192 Å². The summed E-state index contributed by atoms with van der Waals surface area (Å²) in [6.45, 7) is 2.78. The van der Waals surface area contributed by atoms with Gasteiger partial charge in [0, 0.05) is 42.4 Å². The van der Waals surface area contributed by atoms with Gasteiger partial charge in [-0.15, -0.1) is 47.3 Å². The zero-order valence-electron chi connectivity index (χ0n) is 21.7. The van der Waals surface area contributed by atoms with Crippen molar-refractivity contribution in [1.82, 2.24) is 30.5 Å². The Kier molecular flexibility index (Phi) is 9.75. The van der Waals surface area contributed by atoms with Gasteiger partial charge in [-0.05, 0) is 24.6 Å². The number of hydrogen-bond acceptors (Lipinski definition) is 14. The number of aliphatic carboxylic acids is 1.